The first-order chi connectivity index (χ1) is 10.9. The van der Waals surface area contributed by atoms with Gasteiger partial charge in [-0.05, 0) is 32.0 Å². The number of para-hydroxylation sites is 2. The van der Waals surface area contributed by atoms with E-state index < -0.39 is 9.84 Å². The second kappa shape index (κ2) is 7.79. The molecule has 23 heavy (non-hydrogen) atoms. The predicted octanol–water partition coefficient (Wildman–Crippen LogP) is 1.53. The van der Waals surface area contributed by atoms with Crippen LogP contribution in [0.3, 0.4) is 0 Å². The Morgan fingerprint density at radius 1 is 1.39 bits per heavy atom. The monoisotopic (exact) mass is 340 g/mol. The maximum Gasteiger partial charge on any atom is 0.238 e. The fraction of sp³-hybridized carbons (Fsp3) is 0.562. The predicted molar refractivity (Wildman–Crippen MR) is 90.5 cm³/mol. The molecular weight excluding hydrogens is 316 g/mol. The van der Waals surface area contributed by atoms with Crippen molar-refractivity contribution < 1.29 is 17.9 Å². The van der Waals surface area contributed by atoms with Crippen LogP contribution in [0.1, 0.15) is 19.8 Å². The van der Waals surface area contributed by atoms with Crippen molar-refractivity contribution in [1.82, 2.24) is 4.90 Å². The van der Waals surface area contributed by atoms with E-state index in [0.717, 1.165) is 6.42 Å². The van der Waals surface area contributed by atoms with Gasteiger partial charge in [0.1, 0.15) is 5.75 Å². The average molecular weight is 340 g/mol. The summed E-state index contributed by atoms with van der Waals surface area (Å²) in [7, 11) is -1.16. The Kier molecular flexibility index (Phi) is 6.01. The molecule has 0 saturated carbocycles. The van der Waals surface area contributed by atoms with Crippen molar-refractivity contribution in [3.8, 4) is 5.75 Å². The fourth-order valence-electron chi connectivity index (χ4n) is 2.58. The van der Waals surface area contributed by atoms with Crippen LogP contribution < -0.4 is 10.1 Å². The Morgan fingerprint density at radius 3 is 2.78 bits per heavy atom. The Morgan fingerprint density at radius 2 is 2.13 bits per heavy atom. The molecule has 1 heterocycles. The number of likely N-dealkylation sites (N-methyl/N-ethyl adjacent to an activating group) is 1. The summed E-state index contributed by atoms with van der Waals surface area (Å²) in [6.45, 7) is 2.76. The summed E-state index contributed by atoms with van der Waals surface area (Å²) in [6, 6.07) is 7.22. The summed E-state index contributed by atoms with van der Waals surface area (Å²) in [6.07, 6.45) is 1.48. The molecule has 1 aliphatic rings. The van der Waals surface area contributed by atoms with Crippen molar-refractivity contribution in [3.05, 3.63) is 24.3 Å². The molecule has 1 aromatic rings. The molecule has 128 valence electrons. The summed E-state index contributed by atoms with van der Waals surface area (Å²) >= 11 is 0. The largest absolute Gasteiger partial charge is 0.491 e. The first kappa shape index (κ1) is 17.7. The van der Waals surface area contributed by atoms with Crippen LogP contribution in [0.15, 0.2) is 24.3 Å². The van der Waals surface area contributed by atoms with Gasteiger partial charge in [-0.25, -0.2) is 8.42 Å². The number of carbonyl (C=O) groups is 1. The zero-order chi connectivity index (χ0) is 16.9. The van der Waals surface area contributed by atoms with Crippen LogP contribution in [0.25, 0.3) is 0 Å². The number of benzene rings is 1. The van der Waals surface area contributed by atoms with Crippen LogP contribution in [-0.2, 0) is 14.6 Å². The molecule has 1 amide bonds. The Labute approximate surface area is 137 Å². The van der Waals surface area contributed by atoms with Gasteiger partial charge in [-0.15, -0.1) is 0 Å². The molecule has 1 aliphatic heterocycles. The van der Waals surface area contributed by atoms with Crippen LogP contribution in [0.5, 0.6) is 5.75 Å². The van der Waals surface area contributed by atoms with E-state index in [2.05, 4.69) is 5.32 Å². The van der Waals surface area contributed by atoms with Crippen molar-refractivity contribution in [3.63, 3.8) is 0 Å². The molecule has 0 aliphatic carbocycles. The number of sulfone groups is 1. The minimum absolute atomic E-state index is 0.0858. The maximum absolute atomic E-state index is 12.2. The van der Waals surface area contributed by atoms with E-state index >= 15 is 0 Å². The van der Waals surface area contributed by atoms with Gasteiger partial charge in [-0.3, -0.25) is 9.69 Å². The summed E-state index contributed by atoms with van der Waals surface area (Å²) < 4.78 is 28.7. The van der Waals surface area contributed by atoms with Gasteiger partial charge in [0.25, 0.3) is 0 Å². The van der Waals surface area contributed by atoms with E-state index in [-0.39, 0.29) is 30.0 Å². The van der Waals surface area contributed by atoms with Crippen molar-refractivity contribution in [2.45, 2.75) is 25.8 Å². The molecule has 1 fully saturated rings. The number of hydrogen-bond acceptors (Lipinski definition) is 5. The molecule has 0 spiro atoms. The molecule has 1 unspecified atom stereocenters. The molecule has 6 nitrogen and oxygen atoms in total. The van der Waals surface area contributed by atoms with E-state index in [4.69, 9.17) is 4.74 Å². The number of ether oxygens (including phenoxy) is 1. The van der Waals surface area contributed by atoms with Gasteiger partial charge < -0.3 is 10.1 Å². The summed E-state index contributed by atoms with van der Waals surface area (Å²) in [5.41, 5.74) is 0.637. The lowest BCUT2D eigenvalue weighted by atomic mass is 10.2. The first-order valence-corrected chi connectivity index (χ1v) is 9.66. The van der Waals surface area contributed by atoms with Crippen LogP contribution in [0.4, 0.5) is 5.69 Å². The third kappa shape index (κ3) is 5.21. The lowest BCUT2D eigenvalue weighted by Gasteiger charge is -2.22. The van der Waals surface area contributed by atoms with Gasteiger partial charge in [0.15, 0.2) is 9.84 Å². The van der Waals surface area contributed by atoms with Crippen LogP contribution in [-0.4, -0.2) is 57.0 Å². The van der Waals surface area contributed by atoms with Crippen molar-refractivity contribution >= 4 is 21.4 Å². The average Bonchev–Trinajstić information content (AvgIpc) is 2.86. The maximum atomic E-state index is 12.2. The molecule has 1 N–H and O–H groups in total. The second-order valence-corrected chi connectivity index (χ2v) is 8.09. The second-order valence-electron chi connectivity index (χ2n) is 5.86. The highest BCUT2D eigenvalue weighted by Crippen LogP contribution is 2.24. The number of carbonyl (C=O) groups excluding carboxylic acids is 1. The molecular formula is C16H24N2O4S. The smallest absolute Gasteiger partial charge is 0.238 e. The van der Waals surface area contributed by atoms with E-state index in [9.17, 15) is 13.2 Å². The van der Waals surface area contributed by atoms with E-state index in [0.29, 0.717) is 24.5 Å². The number of anilines is 1. The molecule has 1 atom stereocenters. The zero-order valence-corrected chi connectivity index (χ0v) is 14.4. The minimum atomic E-state index is -2.95. The van der Waals surface area contributed by atoms with E-state index in [1.807, 2.05) is 25.1 Å². The number of amides is 1. The zero-order valence-electron chi connectivity index (χ0n) is 13.6. The van der Waals surface area contributed by atoms with Gasteiger partial charge >= 0.3 is 0 Å². The Balaban J connectivity index is 1.92. The van der Waals surface area contributed by atoms with Crippen LogP contribution in [0.2, 0.25) is 0 Å². The topological polar surface area (TPSA) is 75.7 Å². The lowest BCUT2D eigenvalue weighted by Crippen LogP contribution is -2.38. The molecule has 2 rings (SSSR count). The van der Waals surface area contributed by atoms with Gasteiger partial charge in [-0.1, -0.05) is 19.1 Å². The summed E-state index contributed by atoms with van der Waals surface area (Å²) in [4.78, 5) is 14.0. The molecule has 7 heteroatoms. The minimum Gasteiger partial charge on any atom is -0.491 e. The standard InChI is InChI=1S/C16H24N2O4S/c1-3-9-22-15-7-5-4-6-14(15)17-16(19)11-18(2)13-8-10-23(20,21)12-13/h4-7,13H,3,8-12H2,1-2H3,(H,17,19). The van der Waals surface area contributed by atoms with Crippen LogP contribution >= 0.6 is 0 Å². The quantitative estimate of drug-likeness (QED) is 0.815. The first-order valence-electron chi connectivity index (χ1n) is 7.83. The molecule has 0 radical (unpaired) electrons. The normalized spacial score (nSPS) is 19.7. The number of nitrogens with zero attached hydrogens (tertiary/aromatic N) is 1. The number of nitrogens with one attached hydrogen (secondary N) is 1. The van der Waals surface area contributed by atoms with Crippen molar-refractivity contribution in [2.75, 3.05) is 37.0 Å². The Hall–Kier alpha value is -1.60. The summed E-state index contributed by atoms with van der Waals surface area (Å²) in [5, 5.41) is 2.84. The van der Waals surface area contributed by atoms with Crippen molar-refractivity contribution in [2.24, 2.45) is 0 Å². The highest BCUT2D eigenvalue weighted by atomic mass is 32.2. The fourth-order valence-corrected chi connectivity index (χ4v) is 4.38. The number of rotatable bonds is 7. The van der Waals surface area contributed by atoms with Gasteiger partial charge in [0.2, 0.25) is 5.91 Å². The summed E-state index contributed by atoms with van der Waals surface area (Å²) in [5.74, 6) is 0.808. The Bertz CT molecular complexity index is 645. The number of hydrogen-bond donors (Lipinski definition) is 1. The molecule has 1 saturated heterocycles. The third-order valence-electron chi connectivity index (χ3n) is 3.85. The van der Waals surface area contributed by atoms with Crippen molar-refractivity contribution in [1.29, 1.82) is 0 Å². The van der Waals surface area contributed by atoms with Gasteiger partial charge in [0, 0.05) is 6.04 Å². The highest BCUT2D eigenvalue weighted by Gasteiger charge is 2.31. The van der Waals surface area contributed by atoms with Gasteiger partial charge in [-0.2, -0.15) is 0 Å². The molecule has 0 bridgehead atoms. The SMILES string of the molecule is CCCOc1ccccc1NC(=O)CN(C)C1CCS(=O)(=O)C1. The third-order valence-corrected chi connectivity index (χ3v) is 5.60. The highest BCUT2D eigenvalue weighted by molar-refractivity contribution is 7.91. The van der Waals surface area contributed by atoms with E-state index in [1.54, 1.807) is 18.0 Å². The molecule has 1 aromatic carbocycles. The lowest BCUT2D eigenvalue weighted by molar-refractivity contribution is -0.117. The van der Waals surface area contributed by atoms with E-state index in [1.165, 1.54) is 0 Å². The molecule has 0 aromatic heterocycles. The van der Waals surface area contributed by atoms with Crippen LogP contribution in [0, 0.1) is 0 Å². The van der Waals surface area contributed by atoms with Gasteiger partial charge in [0.05, 0.1) is 30.3 Å².